The fourth-order valence-corrected chi connectivity index (χ4v) is 4.96. The van der Waals surface area contributed by atoms with Crippen molar-refractivity contribution in [1.29, 1.82) is 0 Å². The van der Waals surface area contributed by atoms with Crippen molar-refractivity contribution in [2.24, 2.45) is 0 Å². The first-order valence-electron chi connectivity index (χ1n) is 6.30. The lowest BCUT2D eigenvalue weighted by molar-refractivity contribution is 0.324. The molecule has 0 bridgehead atoms. The minimum Gasteiger partial charge on any atom is -0.305 e. The van der Waals surface area contributed by atoms with E-state index in [1.165, 1.54) is 14.9 Å². The second kappa shape index (κ2) is 4.34. The number of nitrogens with one attached hydrogen (secondary N) is 1. The monoisotopic (exact) mass is 315 g/mol. The number of halogens is 1. The van der Waals surface area contributed by atoms with Gasteiger partial charge in [0.05, 0.1) is 11.0 Å². The summed E-state index contributed by atoms with van der Waals surface area (Å²) in [6.45, 7) is 4.24. The van der Waals surface area contributed by atoms with Crippen LogP contribution in [-0.4, -0.2) is 34.9 Å². The van der Waals surface area contributed by atoms with E-state index in [1.54, 1.807) is 19.9 Å². The number of H-pyrrole nitrogens is 1. The first-order valence-corrected chi connectivity index (χ1v) is 8.12. The summed E-state index contributed by atoms with van der Waals surface area (Å²) in [7, 11) is -3.66. The van der Waals surface area contributed by atoms with Crippen LogP contribution in [0.4, 0.5) is 0 Å². The Hall–Kier alpha value is -1.31. The number of hydrogen-bond acceptors (Lipinski definition) is 3. The van der Waals surface area contributed by atoms with Gasteiger partial charge < -0.3 is 4.98 Å². The molecule has 1 atom stereocenters. The number of imidazole rings is 1. The van der Waals surface area contributed by atoms with Crippen molar-refractivity contribution in [2.75, 3.05) is 6.54 Å². The molecule has 1 N–H and O–H groups in total. The van der Waals surface area contributed by atoms with Crippen molar-refractivity contribution in [1.82, 2.24) is 13.9 Å². The lowest BCUT2D eigenvalue weighted by atomic mass is 10.3. The maximum Gasteiger partial charge on any atom is 0.326 e. The van der Waals surface area contributed by atoms with Crippen LogP contribution in [-0.2, 0) is 16.6 Å². The highest BCUT2D eigenvalue weighted by Gasteiger charge is 2.35. The third-order valence-corrected chi connectivity index (χ3v) is 5.95. The smallest absolute Gasteiger partial charge is 0.305 e. The maximum atomic E-state index is 12.8. The Bertz CT molecular complexity index is 853. The number of nitrogens with zero attached hydrogens (tertiary/aromatic N) is 2. The summed E-state index contributed by atoms with van der Waals surface area (Å²) in [4.78, 5) is 14.8. The second-order valence-corrected chi connectivity index (χ2v) is 7.19. The van der Waals surface area contributed by atoms with Gasteiger partial charge in [-0.3, -0.25) is 4.57 Å². The van der Waals surface area contributed by atoms with Gasteiger partial charge in [0.25, 0.3) is 0 Å². The molecular weight excluding hydrogens is 302 g/mol. The molecule has 0 spiro atoms. The Labute approximate surface area is 121 Å². The maximum absolute atomic E-state index is 12.8. The molecule has 3 rings (SSSR count). The molecule has 1 aliphatic rings. The van der Waals surface area contributed by atoms with Crippen LogP contribution in [0.15, 0.2) is 21.8 Å². The molecule has 0 fully saturated rings. The highest BCUT2D eigenvalue weighted by Crippen LogP contribution is 2.31. The summed E-state index contributed by atoms with van der Waals surface area (Å²) in [5.74, 6) is 0. The standard InChI is InChI=1S/C12H14ClN3O3S/c1-3-16-7(2)6-15-11-9(14-12(15)17)4-8(13)5-10(11)20(16,18)19/h4-5,7H,3,6H2,1-2H3,(H,14,17). The zero-order chi connectivity index (χ0) is 14.7. The summed E-state index contributed by atoms with van der Waals surface area (Å²) >= 11 is 5.98. The van der Waals surface area contributed by atoms with Crippen molar-refractivity contribution in [3.8, 4) is 0 Å². The van der Waals surface area contributed by atoms with E-state index in [2.05, 4.69) is 4.98 Å². The molecular formula is C12H14ClN3O3S. The largest absolute Gasteiger partial charge is 0.326 e. The van der Waals surface area contributed by atoms with Crippen molar-refractivity contribution >= 4 is 32.7 Å². The highest BCUT2D eigenvalue weighted by molar-refractivity contribution is 7.89. The van der Waals surface area contributed by atoms with Gasteiger partial charge in [0.15, 0.2) is 0 Å². The zero-order valence-corrected chi connectivity index (χ0v) is 12.6. The lowest BCUT2D eigenvalue weighted by Gasteiger charge is -2.24. The minimum atomic E-state index is -3.66. The van der Waals surface area contributed by atoms with E-state index in [9.17, 15) is 13.2 Å². The third kappa shape index (κ3) is 1.73. The van der Waals surface area contributed by atoms with Gasteiger partial charge in [-0.2, -0.15) is 4.31 Å². The highest BCUT2D eigenvalue weighted by atomic mass is 35.5. The van der Waals surface area contributed by atoms with Gasteiger partial charge in [0, 0.05) is 24.2 Å². The third-order valence-electron chi connectivity index (χ3n) is 3.63. The fourth-order valence-electron chi connectivity index (χ4n) is 2.80. The number of aromatic amines is 1. The van der Waals surface area contributed by atoms with E-state index in [0.717, 1.165) is 0 Å². The van der Waals surface area contributed by atoms with Gasteiger partial charge >= 0.3 is 5.69 Å². The van der Waals surface area contributed by atoms with Gasteiger partial charge in [-0.15, -0.1) is 0 Å². The van der Waals surface area contributed by atoms with Gasteiger partial charge in [-0.05, 0) is 19.1 Å². The van der Waals surface area contributed by atoms with Crippen LogP contribution in [0.25, 0.3) is 11.0 Å². The van der Waals surface area contributed by atoms with Gasteiger partial charge in [0.1, 0.15) is 4.90 Å². The van der Waals surface area contributed by atoms with E-state index in [0.29, 0.717) is 24.1 Å². The van der Waals surface area contributed by atoms with Crippen molar-refractivity contribution in [3.63, 3.8) is 0 Å². The summed E-state index contributed by atoms with van der Waals surface area (Å²) in [5.41, 5.74) is 0.539. The minimum absolute atomic E-state index is 0.0875. The van der Waals surface area contributed by atoms with Gasteiger partial charge in [-0.1, -0.05) is 18.5 Å². The quantitative estimate of drug-likeness (QED) is 0.864. The van der Waals surface area contributed by atoms with Crippen molar-refractivity contribution < 1.29 is 8.42 Å². The molecule has 6 nitrogen and oxygen atoms in total. The van der Waals surface area contributed by atoms with E-state index in [1.807, 2.05) is 0 Å². The normalized spacial score (nSPS) is 22.1. The Kier molecular flexibility index (Phi) is 2.97. The molecule has 0 aliphatic carbocycles. The predicted molar refractivity (Wildman–Crippen MR) is 76.6 cm³/mol. The zero-order valence-electron chi connectivity index (χ0n) is 11.1. The Morgan fingerprint density at radius 3 is 2.80 bits per heavy atom. The molecule has 2 heterocycles. The first-order chi connectivity index (χ1) is 9.36. The molecule has 0 radical (unpaired) electrons. The number of likely N-dealkylation sites (N-methyl/N-ethyl adjacent to an activating group) is 1. The molecule has 1 aromatic carbocycles. The van der Waals surface area contributed by atoms with Crippen molar-refractivity contribution in [3.05, 3.63) is 27.6 Å². The summed E-state index contributed by atoms with van der Waals surface area (Å²) in [6, 6.07) is 2.68. The molecule has 1 aromatic heterocycles. The first kappa shape index (κ1) is 13.7. The Morgan fingerprint density at radius 1 is 1.45 bits per heavy atom. The van der Waals surface area contributed by atoms with Crippen LogP contribution in [0.5, 0.6) is 0 Å². The van der Waals surface area contributed by atoms with Gasteiger partial charge in [-0.25, -0.2) is 13.2 Å². The molecule has 1 aliphatic heterocycles. The van der Waals surface area contributed by atoms with E-state index in [4.69, 9.17) is 11.6 Å². The molecule has 8 heteroatoms. The summed E-state index contributed by atoms with van der Waals surface area (Å²) in [5, 5.41) is 0.287. The van der Waals surface area contributed by atoms with E-state index in [-0.39, 0.29) is 21.6 Å². The predicted octanol–water partition coefficient (Wildman–Crippen LogP) is 1.40. The summed E-state index contributed by atoms with van der Waals surface area (Å²) in [6.07, 6.45) is 0. The SMILES string of the molecule is CCN1C(C)Cn2c(=O)[nH]c3cc(Cl)cc(c32)S1(=O)=O. The molecule has 0 saturated carbocycles. The lowest BCUT2D eigenvalue weighted by Crippen LogP contribution is -2.40. The number of rotatable bonds is 1. The molecule has 20 heavy (non-hydrogen) atoms. The number of hydrogen-bond donors (Lipinski definition) is 1. The molecule has 1 unspecified atom stereocenters. The van der Waals surface area contributed by atoms with Crippen LogP contribution in [0.1, 0.15) is 13.8 Å². The topological polar surface area (TPSA) is 75.2 Å². The summed E-state index contributed by atoms with van der Waals surface area (Å²) < 4.78 is 28.4. The Balaban J connectivity index is 2.50. The fraction of sp³-hybridized carbons (Fsp3) is 0.417. The Morgan fingerprint density at radius 2 is 2.15 bits per heavy atom. The van der Waals surface area contributed by atoms with E-state index >= 15 is 0 Å². The molecule has 0 amide bonds. The second-order valence-electron chi connectivity index (χ2n) is 4.90. The average Bonchev–Trinajstić information content (AvgIpc) is 2.60. The van der Waals surface area contributed by atoms with Crippen LogP contribution >= 0.6 is 11.6 Å². The van der Waals surface area contributed by atoms with Gasteiger partial charge in [0.2, 0.25) is 10.0 Å². The number of benzene rings is 1. The number of aromatic nitrogens is 2. The molecule has 108 valence electrons. The van der Waals surface area contributed by atoms with Crippen LogP contribution in [0, 0.1) is 0 Å². The molecule has 2 aromatic rings. The number of sulfonamides is 1. The van der Waals surface area contributed by atoms with Crippen LogP contribution in [0.2, 0.25) is 5.02 Å². The average molecular weight is 316 g/mol. The van der Waals surface area contributed by atoms with Crippen LogP contribution in [0.3, 0.4) is 0 Å². The van der Waals surface area contributed by atoms with E-state index < -0.39 is 10.0 Å². The van der Waals surface area contributed by atoms with Crippen LogP contribution < -0.4 is 5.69 Å². The van der Waals surface area contributed by atoms with Crippen molar-refractivity contribution in [2.45, 2.75) is 31.3 Å². The molecule has 0 saturated heterocycles.